The molecule has 0 aliphatic carbocycles. The van der Waals surface area contributed by atoms with Crippen LogP contribution in [-0.4, -0.2) is 46.0 Å². The van der Waals surface area contributed by atoms with Gasteiger partial charge < -0.3 is 14.4 Å². The van der Waals surface area contributed by atoms with E-state index < -0.39 is 15.1 Å². The predicted octanol–water partition coefficient (Wildman–Crippen LogP) is 4.85. The van der Waals surface area contributed by atoms with E-state index in [2.05, 4.69) is 10.3 Å². The summed E-state index contributed by atoms with van der Waals surface area (Å²) < 4.78 is 36.7. The number of rotatable bonds is 7. The van der Waals surface area contributed by atoms with Gasteiger partial charge in [-0.3, -0.25) is 0 Å². The molecule has 2 heterocycles. The second-order valence-corrected chi connectivity index (χ2v) is 11.1. The third kappa shape index (κ3) is 4.72. The number of sulfone groups is 1. The first kappa shape index (κ1) is 22.9. The van der Waals surface area contributed by atoms with Crippen molar-refractivity contribution in [1.82, 2.24) is 4.98 Å². The highest BCUT2D eigenvalue weighted by Gasteiger charge is 2.33. The maximum absolute atomic E-state index is 13.0. The molecule has 0 N–H and O–H groups in total. The fourth-order valence-electron chi connectivity index (χ4n) is 3.93. The Bertz CT molecular complexity index is 1190. The van der Waals surface area contributed by atoms with Crippen molar-refractivity contribution in [3.05, 3.63) is 64.1 Å². The molecule has 3 aromatic rings. The van der Waals surface area contributed by atoms with Gasteiger partial charge in [0.25, 0.3) is 0 Å². The second-order valence-electron chi connectivity index (χ2n) is 7.65. The Morgan fingerprint density at radius 3 is 2.50 bits per heavy atom. The Morgan fingerprint density at radius 2 is 1.81 bits per heavy atom. The molecule has 0 bridgehead atoms. The van der Waals surface area contributed by atoms with Crippen molar-refractivity contribution < 1.29 is 17.9 Å². The first-order valence-corrected chi connectivity index (χ1v) is 13.1. The van der Waals surface area contributed by atoms with E-state index in [0.717, 1.165) is 16.4 Å². The van der Waals surface area contributed by atoms with E-state index >= 15 is 0 Å². The highest BCUT2D eigenvalue weighted by molar-refractivity contribution is 7.92. The molecule has 170 valence electrons. The number of nitrogens with zero attached hydrogens (tertiary/aromatic N) is 2. The van der Waals surface area contributed by atoms with Gasteiger partial charge in [-0.2, -0.15) is 0 Å². The maximum Gasteiger partial charge on any atom is 0.185 e. The number of hydrogen-bond donors (Lipinski definition) is 0. The number of ether oxygens (including phenoxy) is 2. The Morgan fingerprint density at radius 1 is 1.09 bits per heavy atom. The summed E-state index contributed by atoms with van der Waals surface area (Å²) in [5.74, 6) is 1.40. The van der Waals surface area contributed by atoms with Crippen LogP contribution < -0.4 is 14.4 Å². The largest absolute Gasteiger partial charge is 0.493 e. The van der Waals surface area contributed by atoms with E-state index in [1.807, 2.05) is 18.2 Å². The molecule has 0 saturated carbocycles. The van der Waals surface area contributed by atoms with Crippen LogP contribution in [0.4, 0.5) is 5.13 Å². The molecule has 32 heavy (non-hydrogen) atoms. The van der Waals surface area contributed by atoms with E-state index in [4.69, 9.17) is 26.1 Å². The summed E-state index contributed by atoms with van der Waals surface area (Å²) in [7, 11) is -0.203. The predicted molar refractivity (Wildman–Crippen MR) is 128 cm³/mol. The monoisotopic (exact) mass is 492 g/mol. The van der Waals surface area contributed by atoms with Gasteiger partial charge in [0.05, 0.1) is 35.1 Å². The molecule has 9 heteroatoms. The van der Waals surface area contributed by atoms with E-state index in [-0.39, 0.29) is 9.92 Å². The molecule has 1 aromatic heterocycles. The molecule has 0 atom stereocenters. The third-order valence-corrected chi connectivity index (χ3v) is 9.38. The Hall–Kier alpha value is -2.29. The lowest BCUT2D eigenvalue weighted by atomic mass is 10.1. The van der Waals surface area contributed by atoms with Crippen LogP contribution in [0.5, 0.6) is 11.5 Å². The zero-order chi connectivity index (χ0) is 22.7. The normalized spacial score (nSPS) is 15.0. The van der Waals surface area contributed by atoms with Gasteiger partial charge in [0.1, 0.15) is 0 Å². The number of hydrogen-bond acceptors (Lipinski definition) is 7. The lowest BCUT2D eigenvalue weighted by Gasteiger charge is -2.31. The summed E-state index contributed by atoms with van der Waals surface area (Å²) in [6.07, 6.45) is 1.80. The van der Waals surface area contributed by atoms with Gasteiger partial charge in [-0.25, -0.2) is 13.4 Å². The van der Waals surface area contributed by atoms with Crippen molar-refractivity contribution in [2.75, 3.05) is 32.2 Å². The standard InChI is InChI=1S/C23H25ClN2O4S2/c1-29-20-8-7-16(14-21(20)30-2)13-17-15-31-23(25-17)26-11-9-18(10-12-26)32(27,28)22-6-4-3-5-19(22)24/h3-8,14-15,18H,9-13H2,1-2H3. The van der Waals surface area contributed by atoms with E-state index in [1.54, 1.807) is 49.8 Å². The van der Waals surface area contributed by atoms with E-state index in [1.165, 1.54) is 0 Å². The lowest BCUT2D eigenvalue weighted by Crippen LogP contribution is -2.39. The molecule has 0 unspecified atom stereocenters. The van der Waals surface area contributed by atoms with Crippen molar-refractivity contribution in [1.29, 1.82) is 0 Å². The molecule has 0 amide bonds. The average Bonchev–Trinajstić information content (AvgIpc) is 3.27. The van der Waals surface area contributed by atoms with Crippen LogP contribution in [-0.2, 0) is 16.3 Å². The minimum absolute atomic E-state index is 0.228. The van der Waals surface area contributed by atoms with Crippen molar-refractivity contribution in [3.63, 3.8) is 0 Å². The van der Waals surface area contributed by atoms with Crippen molar-refractivity contribution in [3.8, 4) is 11.5 Å². The number of benzene rings is 2. The number of methoxy groups -OCH3 is 2. The summed E-state index contributed by atoms with van der Waals surface area (Å²) in [5, 5.41) is 2.84. The highest BCUT2D eigenvalue weighted by atomic mass is 35.5. The quantitative estimate of drug-likeness (QED) is 0.469. The summed E-state index contributed by atoms with van der Waals surface area (Å²) >= 11 is 7.73. The summed E-state index contributed by atoms with van der Waals surface area (Å²) in [6.45, 7) is 1.30. The fraction of sp³-hybridized carbons (Fsp3) is 0.348. The molecule has 1 saturated heterocycles. The van der Waals surface area contributed by atoms with Crippen LogP contribution in [0.25, 0.3) is 0 Å². The Labute approximate surface area is 197 Å². The van der Waals surface area contributed by atoms with Gasteiger partial charge in [-0.05, 0) is 42.7 Å². The molecule has 1 aliphatic heterocycles. The third-order valence-electron chi connectivity index (χ3n) is 5.67. The number of halogens is 1. The molecule has 2 aromatic carbocycles. The minimum Gasteiger partial charge on any atom is -0.493 e. The van der Waals surface area contributed by atoms with E-state index in [9.17, 15) is 8.42 Å². The maximum atomic E-state index is 13.0. The molecule has 1 fully saturated rings. The molecule has 6 nitrogen and oxygen atoms in total. The van der Waals surface area contributed by atoms with Crippen LogP contribution in [0.1, 0.15) is 24.1 Å². The molecular weight excluding hydrogens is 468 g/mol. The highest BCUT2D eigenvalue weighted by Crippen LogP contribution is 2.33. The van der Waals surface area contributed by atoms with Crippen LogP contribution in [0, 0.1) is 0 Å². The first-order chi connectivity index (χ1) is 15.4. The first-order valence-electron chi connectivity index (χ1n) is 10.3. The molecule has 0 radical (unpaired) electrons. The van der Waals surface area contributed by atoms with Gasteiger partial charge in [0.2, 0.25) is 0 Å². The lowest BCUT2D eigenvalue weighted by molar-refractivity contribution is 0.354. The second kappa shape index (κ2) is 9.68. The topological polar surface area (TPSA) is 68.7 Å². The van der Waals surface area contributed by atoms with Crippen molar-refractivity contribution in [2.45, 2.75) is 29.4 Å². The Kier molecular flexibility index (Phi) is 6.93. The van der Waals surface area contributed by atoms with E-state index in [0.29, 0.717) is 43.9 Å². The molecule has 4 rings (SSSR count). The van der Waals surface area contributed by atoms with Crippen molar-refractivity contribution >= 4 is 37.9 Å². The minimum atomic E-state index is -3.44. The summed E-state index contributed by atoms with van der Waals surface area (Å²) in [6, 6.07) is 12.5. The number of piperidine rings is 1. The summed E-state index contributed by atoms with van der Waals surface area (Å²) in [5.41, 5.74) is 2.06. The average molecular weight is 493 g/mol. The number of thiazole rings is 1. The van der Waals surface area contributed by atoms with Gasteiger partial charge in [-0.15, -0.1) is 11.3 Å². The Balaban J connectivity index is 1.41. The SMILES string of the molecule is COc1ccc(Cc2csc(N3CCC(S(=O)(=O)c4ccccc4Cl)CC3)n2)cc1OC. The molecule has 0 spiro atoms. The van der Waals surface area contributed by atoms with Crippen LogP contribution in [0.2, 0.25) is 5.02 Å². The van der Waals surface area contributed by atoms with Gasteiger partial charge in [0.15, 0.2) is 26.5 Å². The van der Waals surface area contributed by atoms with Crippen molar-refractivity contribution in [2.24, 2.45) is 0 Å². The van der Waals surface area contributed by atoms with Crippen LogP contribution >= 0.6 is 22.9 Å². The molecular formula is C23H25ClN2O4S2. The zero-order valence-corrected chi connectivity index (χ0v) is 20.3. The number of aromatic nitrogens is 1. The smallest absolute Gasteiger partial charge is 0.185 e. The van der Waals surface area contributed by atoms with Gasteiger partial charge in [0, 0.05) is 24.9 Å². The van der Waals surface area contributed by atoms with Crippen LogP contribution in [0.3, 0.4) is 0 Å². The fourth-order valence-corrected chi connectivity index (χ4v) is 7.07. The number of anilines is 1. The zero-order valence-electron chi connectivity index (χ0n) is 18.0. The van der Waals surface area contributed by atoms with Crippen LogP contribution in [0.15, 0.2) is 52.7 Å². The van der Waals surface area contributed by atoms with Gasteiger partial charge in [-0.1, -0.05) is 29.8 Å². The van der Waals surface area contributed by atoms with Gasteiger partial charge >= 0.3 is 0 Å². The summed E-state index contributed by atoms with van der Waals surface area (Å²) in [4.78, 5) is 7.18. The molecule has 1 aliphatic rings.